The Bertz CT molecular complexity index is 604. The van der Waals surface area contributed by atoms with Gasteiger partial charge in [0.25, 0.3) is 5.69 Å². The Balaban J connectivity index is 2.92. The van der Waals surface area contributed by atoms with Crippen molar-refractivity contribution in [3.05, 3.63) is 33.3 Å². The number of nitrogens with one attached hydrogen (secondary N) is 1. The van der Waals surface area contributed by atoms with E-state index in [9.17, 15) is 18.5 Å². The van der Waals surface area contributed by atoms with Crippen molar-refractivity contribution in [2.45, 2.75) is 50.5 Å². The van der Waals surface area contributed by atoms with E-state index in [1.807, 2.05) is 0 Å². The second kappa shape index (κ2) is 7.72. The summed E-state index contributed by atoms with van der Waals surface area (Å²) in [4.78, 5) is 9.82. The van der Waals surface area contributed by atoms with Gasteiger partial charge in [-0.3, -0.25) is 10.1 Å². The third-order valence-corrected chi connectivity index (χ3v) is 5.08. The predicted molar refractivity (Wildman–Crippen MR) is 82.0 cm³/mol. The second-order valence-electron chi connectivity index (χ2n) is 4.89. The maximum absolute atomic E-state index is 12.3. The average molecular weight is 335 g/mol. The van der Waals surface area contributed by atoms with Crippen LogP contribution in [0.25, 0.3) is 0 Å². The van der Waals surface area contributed by atoms with E-state index in [1.54, 1.807) is 6.92 Å². The van der Waals surface area contributed by atoms with Crippen molar-refractivity contribution in [1.29, 1.82) is 0 Å². The standard InChI is InChI=1S/C13H19ClN2O4S/c1-3-4-5-6-10(2)15-21(19,20)13-9-11(16(17)18)7-8-12(13)14/h7-10,15H,3-6H2,1-2H3. The number of hydrogen-bond acceptors (Lipinski definition) is 4. The van der Waals surface area contributed by atoms with Gasteiger partial charge in [-0.05, 0) is 19.4 Å². The molecule has 0 fully saturated rings. The topological polar surface area (TPSA) is 89.3 Å². The number of nitro groups is 1. The van der Waals surface area contributed by atoms with Gasteiger partial charge in [0.15, 0.2) is 0 Å². The highest BCUT2D eigenvalue weighted by Gasteiger charge is 2.23. The number of non-ortho nitro benzene ring substituents is 1. The molecule has 6 nitrogen and oxygen atoms in total. The molecule has 0 spiro atoms. The summed E-state index contributed by atoms with van der Waals surface area (Å²) in [6.45, 7) is 3.83. The number of benzene rings is 1. The molecule has 21 heavy (non-hydrogen) atoms. The zero-order valence-corrected chi connectivity index (χ0v) is 13.6. The molecule has 0 aromatic heterocycles. The van der Waals surface area contributed by atoms with Crippen molar-refractivity contribution in [3.8, 4) is 0 Å². The lowest BCUT2D eigenvalue weighted by Crippen LogP contribution is -2.32. The Morgan fingerprint density at radius 3 is 2.62 bits per heavy atom. The van der Waals surface area contributed by atoms with Gasteiger partial charge in [0, 0.05) is 18.2 Å². The van der Waals surface area contributed by atoms with E-state index in [1.165, 1.54) is 12.1 Å². The molecule has 0 radical (unpaired) electrons. The van der Waals surface area contributed by atoms with E-state index < -0.39 is 14.9 Å². The zero-order chi connectivity index (χ0) is 16.0. The van der Waals surface area contributed by atoms with Crippen LogP contribution in [-0.2, 0) is 10.0 Å². The fraction of sp³-hybridized carbons (Fsp3) is 0.538. The second-order valence-corrected chi connectivity index (χ2v) is 6.98. The van der Waals surface area contributed by atoms with Crippen LogP contribution in [0.1, 0.15) is 39.5 Å². The minimum atomic E-state index is -3.87. The van der Waals surface area contributed by atoms with Gasteiger partial charge in [-0.25, -0.2) is 13.1 Å². The first kappa shape index (κ1) is 17.9. The zero-order valence-electron chi connectivity index (χ0n) is 12.0. The van der Waals surface area contributed by atoms with E-state index in [0.717, 1.165) is 25.3 Å². The largest absolute Gasteiger partial charge is 0.270 e. The Kier molecular flexibility index (Phi) is 6.57. The molecule has 0 saturated carbocycles. The van der Waals surface area contributed by atoms with E-state index >= 15 is 0 Å². The van der Waals surface area contributed by atoms with Crippen molar-refractivity contribution in [2.75, 3.05) is 0 Å². The average Bonchev–Trinajstić information content (AvgIpc) is 2.38. The molecule has 0 aliphatic heterocycles. The maximum Gasteiger partial charge on any atom is 0.270 e. The highest BCUT2D eigenvalue weighted by Crippen LogP contribution is 2.26. The molecule has 1 N–H and O–H groups in total. The number of nitro benzene ring substituents is 1. The van der Waals surface area contributed by atoms with Crippen molar-refractivity contribution < 1.29 is 13.3 Å². The highest BCUT2D eigenvalue weighted by atomic mass is 35.5. The fourth-order valence-corrected chi connectivity index (χ4v) is 3.70. The summed E-state index contributed by atoms with van der Waals surface area (Å²) in [5.41, 5.74) is -0.307. The smallest absolute Gasteiger partial charge is 0.258 e. The lowest BCUT2D eigenvalue weighted by Gasteiger charge is -2.14. The van der Waals surface area contributed by atoms with Gasteiger partial charge >= 0.3 is 0 Å². The van der Waals surface area contributed by atoms with Crippen molar-refractivity contribution in [2.24, 2.45) is 0 Å². The predicted octanol–water partition coefficient (Wildman–Crippen LogP) is 3.50. The summed E-state index contributed by atoms with van der Waals surface area (Å²) in [6.07, 6.45) is 3.71. The SMILES string of the molecule is CCCCCC(C)NS(=O)(=O)c1cc([N+](=O)[O-])ccc1Cl. The fourth-order valence-electron chi connectivity index (χ4n) is 1.90. The van der Waals surface area contributed by atoms with E-state index in [2.05, 4.69) is 11.6 Å². The monoisotopic (exact) mass is 334 g/mol. The summed E-state index contributed by atoms with van der Waals surface area (Å²) in [5.74, 6) is 0. The third-order valence-electron chi connectivity index (χ3n) is 3.01. The number of unbranched alkanes of at least 4 members (excludes halogenated alkanes) is 2. The number of halogens is 1. The molecule has 1 aromatic carbocycles. The van der Waals surface area contributed by atoms with E-state index in [-0.39, 0.29) is 21.6 Å². The van der Waals surface area contributed by atoms with Gasteiger partial charge in [-0.15, -0.1) is 0 Å². The highest BCUT2D eigenvalue weighted by molar-refractivity contribution is 7.89. The molecule has 1 unspecified atom stereocenters. The van der Waals surface area contributed by atoms with Gasteiger partial charge in [0.2, 0.25) is 10.0 Å². The quantitative estimate of drug-likeness (QED) is 0.447. The molecule has 0 heterocycles. The molecule has 1 atom stereocenters. The van der Waals surface area contributed by atoms with Gasteiger partial charge in [-0.2, -0.15) is 0 Å². The first-order valence-electron chi connectivity index (χ1n) is 6.74. The normalized spacial score (nSPS) is 13.1. The number of hydrogen-bond donors (Lipinski definition) is 1. The van der Waals surface area contributed by atoms with Crippen molar-refractivity contribution in [3.63, 3.8) is 0 Å². The van der Waals surface area contributed by atoms with Crippen LogP contribution < -0.4 is 4.72 Å². The summed E-state index contributed by atoms with van der Waals surface area (Å²) in [6, 6.07) is 3.11. The number of rotatable bonds is 8. The molecule has 1 aromatic rings. The van der Waals surface area contributed by atoms with Crippen molar-refractivity contribution in [1.82, 2.24) is 4.72 Å². The molecule has 8 heteroatoms. The lowest BCUT2D eigenvalue weighted by atomic mass is 10.1. The van der Waals surface area contributed by atoms with E-state index in [4.69, 9.17) is 11.6 Å². The third kappa shape index (κ3) is 5.26. The first-order chi connectivity index (χ1) is 9.77. The molecular weight excluding hydrogens is 316 g/mol. The van der Waals surface area contributed by atoms with Gasteiger partial charge in [0.05, 0.1) is 9.95 Å². The molecule has 0 amide bonds. The van der Waals surface area contributed by atoms with Crippen molar-refractivity contribution >= 4 is 27.3 Å². The van der Waals surface area contributed by atoms with Crippen LogP contribution in [0.3, 0.4) is 0 Å². The van der Waals surface area contributed by atoms with Gasteiger partial charge < -0.3 is 0 Å². The molecular formula is C13H19ClN2O4S. The van der Waals surface area contributed by atoms with Crippen LogP contribution in [0.5, 0.6) is 0 Å². The Hall–Kier alpha value is -1.18. The lowest BCUT2D eigenvalue weighted by molar-refractivity contribution is -0.385. The summed E-state index contributed by atoms with van der Waals surface area (Å²) in [7, 11) is -3.87. The van der Waals surface area contributed by atoms with Crippen LogP contribution in [0, 0.1) is 10.1 Å². The number of sulfonamides is 1. The van der Waals surface area contributed by atoms with Crippen LogP contribution in [-0.4, -0.2) is 19.4 Å². The van der Waals surface area contributed by atoms with E-state index in [0.29, 0.717) is 6.42 Å². The van der Waals surface area contributed by atoms with Gasteiger partial charge in [0.1, 0.15) is 4.90 Å². The molecule has 0 aliphatic carbocycles. The maximum atomic E-state index is 12.3. The van der Waals surface area contributed by atoms with Crippen LogP contribution in [0.2, 0.25) is 5.02 Å². The minimum absolute atomic E-state index is 0.0335. The van der Waals surface area contributed by atoms with Gasteiger partial charge in [-0.1, -0.05) is 37.8 Å². The van der Waals surface area contributed by atoms with Crippen LogP contribution >= 0.6 is 11.6 Å². The summed E-state index contributed by atoms with van der Waals surface area (Å²) >= 11 is 5.85. The minimum Gasteiger partial charge on any atom is -0.258 e. The Labute approximate surface area is 129 Å². The Morgan fingerprint density at radius 1 is 1.38 bits per heavy atom. The molecule has 118 valence electrons. The molecule has 0 aliphatic rings. The summed E-state index contributed by atoms with van der Waals surface area (Å²) < 4.78 is 27.0. The number of nitrogens with zero attached hydrogens (tertiary/aromatic N) is 1. The van der Waals surface area contributed by atoms with Crippen LogP contribution in [0.15, 0.2) is 23.1 Å². The molecule has 0 saturated heterocycles. The summed E-state index contributed by atoms with van der Waals surface area (Å²) in [5, 5.41) is 10.7. The molecule has 0 bridgehead atoms. The molecule has 1 rings (SSSR count). The van der Waals surface area contributed by atoms with Crippen LogP contribution in [0.4, 0.5) is 5.69 Å². The first-order valence-corrected chi connectivity index (χ1v) is 8.60. The Morgan fingerprint density at radius 2 is 2.05 bits per heavy atom.